The molecule has 3 rings (SSSR count). The number of alkyl halides is 3. The summed E-state index contributed by atoms with van der Waals surface area (Å²) in [6.07, 6.45) is -3.86. The molecule has 0 heterocycles. The normalized spacial score (nSPS) is 16.7. The summed E-state index contributed by atoms with van der Waals surface area (Å²) in [5.41, 5.74) is 2.35. The maximum absolute atomic E-state index is 12.6. The van der Waals surface area contributed by atoms with Gasteiger partial charge >= 0.3 is 6.18 Å². The van der Waals surface area contributed by atoms with E-state index >= 15 is 0 Å². The zero-order valence-corrected chi connectivity index (χ0v) is 12.3. The number of carbonyl (C=O) groups is 1. The zero-order valence-electron chi connectivity index (χ0n) is 12.3. The van der Waals surface area contributed by atoms with E-state index in [1.54, 1.807) is 12.1 Å². The van der Waals surface area contributed by atoms with Crippen LogP contribution in [0.4, 0.5) is 13.2 Å². The second-order valence-electron chi connectivity index (χ2n) is 6.32. The van der Waals surface area contributed by atoms with Crippen molar-refractivity contribution in [1.29, 1.82) is 0 Å². The smallest absolute Gasteiger partial charge is 0.294 e. The third-order valence-electron chi connectivity index (χ3n) is 4.20. The predicted octanol–water partition coefficient (Wildman–Crippen LogP) is 5.24. The SMILES string of the molecule is CC1(C)CC(=O)c2ccc(-c3ccc(C(F)(F)F)cc3)cc21. The molecule has 0 unspecified atom stereocenters. The summed E-state index contributed by atoms with van der Waals surface area (Å²) in [5, 5.41) is 0. The summed E-state index contributed by atoms with van der Waals surface area (Å²) in [6, 6.07) is 10.6. The molecule has 0 saturated heterocycles. The molecule has 1 aliphatic carbocycles. The summed E-state index contributed by atoms with van der Waals surface area (Å²) >= 11 is 0. The Morgan fingerprint density at radius 3 is 2.14 bits per heavy atom. The average Bonchev–Trinajstić information content (AvgIpc) is 2.68. The van der Waals surface area contributed by atoms with Crippen molar-refractivity contribution in [2.45, 2.75) is 31.9 Å². The number of Topliss-reactive ketones (excluding diaryl/α,β-unsaturated/α-hetero) is 1. The Morgan fingerprint density at radius 1 is 0.955 bits per heavy atom. The van der Waals surface area contributed by atoms with E-state index in [-0.39, 0.29) is 11.2 Å². The van der Waals surface area contributed by atoms with Crippen LogP contribution in [-0.2, 0) is 11.6 Å². The molecule has 1 nitrogen and oxygen atoms in total. The van der Waals surface area contributed by atoms with Crippen molar-refractivity contribution >= 4 is 5.78 Å². The fourth-order valence-electron chi connectivity index (χ4n) is 2.97. The third-order valence-corrected chi connectivity index (χ3v) is 4.20. The summed E-state index contributed by atoms with van der Waals surface area (Å²) in [7, 11) is 0. The number of hydrogen-bond donors (Lipinski definition) is 0. The highest BCUT2D eigenvalue weighted by atomic mass is 19.4. The molecule has 0 amide bonds. The van der Waals surface area contributed by atoms with E-state index in [2.05, 4.69) is 0 Å². The summed E-state index contributed by atoms with van der Waals surface area (Å²) in [6.45, 7) is 4.01. The van der Waals surface area contributed by atoms with E-state index in [4.69, 9.17) is 0 Å². The highest BCUT2D eigenvalue weighted by Gasteiger charge is 2.35. The molecule has 2 aromatic rings. The van der Waals surface area contributed by atoms with Crippen molar-refractivity contribution in [2.24, 2.45) is 0 Å². The number of halogens is 3. The van der Waals surface area contributed by atoms with E-state index in [9.17, 15) is 18.0 Å². The molecular weight excluding hydrogens is 289 g/mol. The van der Waals surface area contributed by atoms with Gasteiger partial charge in [-0.2, -0.15) is 13.2 Å². The van der Waals surface area contributed by atoms with Gasteiger partial charge in [0.15, 0.2) is 5.78 Å². The van der Waals surface area contributed by atoms with Crippen LogP contribution < -0.4 is 0 Å². The molecule has 0 fully saturated rings. The molecule has 0 aromatic heterocycles. The maximum atomic E-state index is 12.6. The van der Waals surface area contributed by atoms with Crippen molar-refractivity contribution in [3.63, 3.8) is 0 Å². The summed E-state index contributed by atoms with van der Waals surface area (Å²) < 4.78 is 37.8. The molecule has 22 heavy (non-hydrogen) atoms. The Balaban J connectivity index is 2.02. The highest BCUT2D eigenvalue weighted by molar-refractivity contribution is 6.02. The number of ketones is 1. The van der Waals surface area contributed by atoms with Gasteiger partial charge in [-0.05, 0) is 40.3 Å². The second kappa shape index (κ2) is 4.70. The molecular formula is C18H15F3O. The van der Waals surface area contributed by atoms with Crippen molar-refractivity contribution in [2.75, 3.05) is 0 Å². The lowest BCUT2D eigenvalue weighted by Gasteiger charge is -2.18. The number of carbonyl (C=O) groups excluding carboxylic acids is 1. The first kappa shape index (κ1) is 14.8. The van der Waals surface area contributed by atoms with E-state index in [1.165, 1.54) is 12.1 Å². The summed E-state index contributed by atoms with van der Waals surface area (Å²) in [4.78, 5) is 12.0. The van der Waals surface area contributed by atoms with Gasteiger partial charge in [-0.3, -0.25) is 4.79 Å². The van der Waals surface area contributed by atoms with Crippen LogP contribution in [0.1, 0.15) is 41.8 Å². The van der Waals surface area contributed by atoms with Crippen LogP contribution in [0.2, 0.25) is 0 Å². The van der Waals surface area contributed by atoms with E-state index in [1.807, 2.05) is 19.9 Å². The van der Waals surface area contributed by atoms with Crippen LogP contribution >= 0.6 is 0 Å². The Morgan fingerprint density at radius 2 is 1.55 bits per heavy atom. The minimum atomic E-state index is -4.33. The molecule has 0 spiro atoms. The standard InChI is InChI=1S/C18H15F3O/c1-17(2)10-16(22)14-8-5-12(9-15(14)17)11-3-6-13(7-4-11)18(19,20)21/h3-9H,10H2,1-2H3. The molecule has 1 aliphatic rings. The topological polar surface area (TPSA) is 17.1 Å². The average molecular weight is 304 g/mol. The fraction of sp³-hybridized carbons (Fsp3) is 0.278. The Kier molecular flexibility index (Phi) is 3.17. The van der Waals surface area contributed by atoms with Crippen LogP contribution in [0, 0.1) is 0 Å². The zero-order chi connectivity index (χ0) is 16.1. The van der Waals surface area contributed by atoms with Crippen LogP contribution in [0.3, 0.4) is 0 Å². The van der Waals surface area contributed by atoms with Gasteiger partial charge in [-0.1, -0.05) is 38.1 Å². The minimum Gasteiger partial charge on any atom is -0.294 e. The largest absolute Gasteiger partial charge is 0.416 e. The molecule has 0 atom stereocenters. The van der Waals surface area contributed by atoms with Gasteiger partial charge in [0.1, 0.15) is 0 Å². The summed E-state index contributed by atoms with van der Waals surface area (Å²) in [5.74, 6) is 0.124. The van der Waals surface area contributed by atoms with Gasteiger partial charge in [0.05, 0.1) is 5.56 Å². The molecule has 0 bridgehead atoms. The number of benzene rings is 2. The second-order valence-corrected chi connectivity index (χ2v) is 6.32. The first-order chi connectivity index (χ1) is 10.2. The Bertz CT molecular complexity index is 740. The number of hydrogen-bond acceptors (Lipinski definition) is 1. The predicted molar refractivity (Wildman–Crippen MR) is 78.9 cm³/mol. The van der Waals surface area contributed by atoms with E-state index in [0.717, 1.165) is 28.8 Å². The number of rotatable bonds is 1. The lowest BCUT2D eigenvalue weighted by molar-refractivity contribution is -0.137. The van der Waals surface area contributed by atoms with Crippen molar-refractivity contribution in [3.05, 3.63) is 59.2 Å². The van der Waals surface area contributed by atoms with E-state index in [0.29, 0.717) is 12.0 Å². The van der Waals surface area contributed by atoms with Gasteiger partial charge in [0, 0.05) is 12.0 Å². The molecule has 0 saturated carbocycles. The van der Waals surface area contributed by atoms with E-state index < -0.39 is 11.7 Å². The molecule has 0 aliphatic heterocycles. The highest BCUT2D eigenvalue weighted by Crippen LogP contribution is 2.40. The van der Waals surface area contributed by atoms with Gasteiger partial charge in [-0.15, -0.1) is 0 Å². The first-order valence-corrected chi connectivity index (χ1v) is 7.04. The van der Waals surface area contributed by atoms with Crippen molar-refractivity contribution < 1.29 is 18.0 Å². The van der Waals surface area contributed by atoms with Crippen LogP contribution in [0.25, 0.3) is 11.1 Å². The fourth-order valence-corrected chi connectivity index (χ4v) is 2.97. The maximum Gasteiger partial charge on any atom is 0.416 e. The quantitative estimate of drug-likeness (QED) is 0.704. The van der Waals surface area contributed by atoms with Crippen LogP contribution in [-0.4, -0.2) is 5.78 Å². The van der Waals surface area contributed by atoms with Crippen molar-refractivity contribution in [3.8, 4) is 11.1 Å². The molecule has 2 aromatic carbocycles. The van der Waals surface area contributed by atoms with Gasteiger partial charge in [-0.25, -0.2) is 0 Å². The molecule has 0 radical (unpaired) electrons. The van der Waals surface area contributed by atoms with Gasteiger partial charge < -0.3 is 0 Å². The Labute approximate surface area is 126 Å². The van der Waals surface area contributed by atoms with Gasteiger partial charge in [0.2, 0.25) is 0 Å². The van der Waals surface area contributed by atoms with Crippen molar-refractivity contribution in [1.82, 2.24) is 0 Å². The van der Waals surface area contributed by atoms with Crippen LogP contribution in [0.5, 0.6) is 0 Å². The minimum absolute atomic E-state index is 0.124. The molecule has 4 heteroatoms. The third kappa shape index (κ3) is 2.43. The lowest BCUT2D eigenvalue weighted by atomic mass is 9.85. The monoisotopic (exact) mass is 304 g/mol. The van der Waals surface area contributed by atoms with Crippen LogP contribution in [0.15, 0.2) is 42.5 Å². The molecule has 114 valence electrons. The van der Waals surface area contributed by atoms with Gasteiger partial charge in [0.25, 0.3) is 0 Å². The lowest BCUT2D eigenvalue weighted by Crippen LogP contribution is -2.12. The number of fused-ring (bicyclic) bond motifs is 1. The molecule has 0 N–H and O–H groups in total. The Hall–Kier alpha value is -2.10. The first-order valence-electron chi connectivity index (χ1n) is 7.04.